The molecule has 2 aromatic heterocycles. The lowest BCUT2D eigenvalue weighted by atomic mass is 10.0. The first-order chi connectivity index (χ1) is 13.8. The molecule has 5 aromatic rings. The van der Waals surface area contributed by atoms with Crippen LogP contribution in [-0.4, -0.2) is 0 Å². The summed E-state index contributed by atoms with van der Waals surface area (Å²) >= 11 is 0. The highest BCUT2D eigenvalue weighted by molar-refractivity contribution is 6.01. The summed E-state index contributed by atoms with van der Waals surface area (Å²) in [6.45, 7) is 0. The molecule has 28 heavy (non-hydrogen) atoms. The largest absolute Gasteiger partial charge is 0.479 e. The molecular formula is C24H16O4. The van der Waals surface area contributed by atoms with Crippen molar-refractivity contribution in [3.8, 4) is 5.75 Å². The molecule has 4 nitrogen and oxygen atoms in total. The summed E-state index contributed by atoms with van der Waals surface area (Å²) in [6, 6.07) is 26.8. The Morgan fingerprint density at radius 3 is 2.04 bits per heavy atom. The summed E-state index contributed by atoms with van der Waals surface area (Å²) in [5.41, 5.74) is 2.69. The Kier molecular flexibility index (Phi) is 3.95. The van der Waals surface area contributed by atoms with Crippen LogP contribution in [0.3, 0.4) is 0 Å². The second-order valence-corrected chi connectivity index (χ2v) is 6.52. The summed E-state index contributed by atoms with van der Waals surface area (Å²) in [5, 5.41) is 1.56. The number of hydrogen-bond acceptors (Lipinski definition) is 4. The highest BCUT2D eigenvalue weighted by atomic mass is 16.5. The van der Waals surface area contributed by atoms with Crippen molar-refractivity contribution in [3.05, 3.63) is 113 Å². The van der Waals surface area contributed by atoms with Gasteiger partial charge in [0.25, 0.3) is 0 Å². The standard InChI is InChI=1S/C24H16O4/c25-22-12-11-18-21(27-22)15-20-19(13-14-26-20)24(18)28-23(16-7-3-1-4-8-16)17-9-5-2-6-10-17/h1-15,23H. The molecule has 3 aromatic carbocycles. The minimum atomic E-state index is -0.410. The maximum Gasteiger partial charge on any atom is 0.336 e. The van der Waals surface area contributed by atoms with E-state index in [9.17, 15) is 4.79 Å². The highest BCUT2D eigenvalue weighted by Crippen LogP contribution is 2.39. The van der Waals surface area contributed by atoms with Crippen LogP contribution in [0.25, 0.3) is 21.9 Å². The van der Waals surface area contributed by atoms with Gasteiger partial charge in [0.15, 0.2) is 0 Å². The van der Waals surface area contributed by atoms with Crippen LogP contribution >= 0.6 is 0 Å². The van der Waals surface area contributed by atoms with E-state index in [0.717, 1.165) is 21.9 Å². The fourth-order valence-electron chi connectivity index (χ4n) is 3.44. The van der Waals surface area contributed by atoms with Gasteiger partial charge in [0.05, 0.1) is 17.0 Å². The zero-order valence-electron chi connectivity index (χ0n) is 14.9. The molecule has 2 heterocycles. The third-order valence-corrected chi connectivity index (χ3v) is 4.75. The van der Waals surface area contributed by atoms with Gasteiger partial charge in [-0.25, -0.2) is 4.79 Å². The van der Waals surface area contributed by atoms with Crippen molar-refractivity contribution >= 4 is 21.9 Å². The predicted molar refractivity (Wildman–Crippen MR) is 108 cm³/mol. The second-order valence-electron chi connectivity index (χ2n) is 6.52. The smallest absolute Gasteiger partial charge is 0.336 e. The first-order valence-electron chi connectivity index (χ1n) is 9.00. The van der Waals surface area contributed by atoms with E-state index in [1.165, 1.54) is 6.07 Å². The molecular weight excluding hydrogens is 352 g/mol. The SMILES string of the molecule is O=c1ccc2c(OC(c3ccccc3)c3ccccc3)c3ccoc3cc2o1. The summed E-state index contributed by atoms with van der Waals surface area (Å²) in [5.74, 6) is 0.628. The van der Waals surface area contributed by atoms with Gasteiger partial charge in [-0.05, 0) is 23.3 Å². The molecule has 0 radical (unpaired) electrons. The molecule has 0 fully saturated rings. The molecule has 0 saturated heterocycles. The maximum atomic E-state index is 11.7. The van der Waals surface area contributed by atoms with Crippen LogP contribution in [0.15, 0.2) is 105 Å². The average molecular weight is 368 g/mol. The number of ether oxygens (including phenoxy) is 1. The van der Waals surface area contributed by atoms with E-state index in [1.807, 2.05) is 66.7 Å². The normalized spacial score (nSPS) is 11.3. The van der Waals surface area contributed by atoms with E-state index in [0.29, 0.717) is 16.9 Å². The van der Waals surface area contributed by atoms with Gasteiger partial charge >= 0.3 is 5.63 Å². The minimum absolute atomic E-state index is 0.321. The van der Waals surface area contributed by atoms with E-state index in [2.05, 4.69) is 0 Å². The van der Waals surface area contributed by atoms with Crippen LogP contribution < -0.4 is 10.4 Å². The topological polar surface area (TPSA) is 52.6 Å². The second kappa shape index (κ2) is 6.74. The van der Waals surface area contributed by atoms with E-state index in [4.69, 9.17) is 13.6 Å². The summed E-state index contributed by atoms with van der Waals surface area (Å²) in [4.78, 5) is 11.7. The lowest BCUT2D eigenvalue weighted by molar-refractivity contribution is 0.253. The van der Waals surface area contributed by atoms with Crippen LogP contribution in [0.2, 0.25) is 0 Å². The summed E-state index contributed by atoms with van der Waals surface area (Å²) < 4.78 is 17.5. The van der Waals surface area contributed by atoms with Crippen molar-refractivity contribution in [1.82, 2.24) is 0 Å². The lowest BCUT2D eigenvalue weighted by Crippen LogP contribution is -2.10. The van der Waals surface area contributed by atoms with E-state index in [1.54, 1.807) is 18.4 Å². The van der Waals surface area contributed by atoms with Gasteiger partial charge in [0.1, 0.15) is 23.0 Å². The van der Waals surface area contributed by atoms with E-state index in [-0.39, 0.29) is 6.10 Å². The van der Waals surface area contributed by atoms with Crippen molar-refractivity contribution in [3.63, 3.8) is 0 Å². The molecule has 0 saturated carbocycles. The van der Waals surface area contributed by atoms with Gasteiger partial charge in [0, 0.05) is 12.1 Å². The average Bonchev–Trinajstić information content (AvgIpc) is 3.20. The van der Waals surface area contributed by atoms with Gasteiger partial charge in [-0.3, -0.25) is 0 Å². The predicted octanol–water partition coefficient (Wildman–Crippen LogP) is 5.71. The molecule has 4 heteroatoms. The molecule has 136 valence electrons. The van der Waals surface area contributed by atoms with Crippen molar-refractivity contribution in [2.75, 3.05) is 0 Å². The van der Waals surface area contributed by atoms with Crippen molar-refractivity contribution < 1.29 is 13.6 Å². The molecule has 0 amide bonds. The third kappa shape index (κ3) is 2.85. The Bertz CT molecular complexity index is 1260. The van der Waals surface area contributed by atoms with Crippen molar-refractivity contribution in [2.45, 2.75) is 6.10 Å². The summed E-state index contributed by atoms with van der Waals surface area (Å²) in [6.07, 6.45) is 1.28. The zero-order valence-corrected chi connectivity index (χ0v) is 14.9. The fraction of sp³-hybridized carbons (Fsp3) is 0.0417. The fourth-order valence-corrected chi connectivity index (χ4v) is 3.44. The Balaban J connectivity index is 1.73. The van der Waals surface area contributed by atoms with E-state index < -0.39 is 5.63 Å². The van der Waals surface area contributed by atoms with Crippen LogP contribution in [0.4, 0.5) is 0 Å². The number of hydrogen-bond donors (Lipinski definition) is 0. The molecule has 0 unspecified atom stereocenters. The Morgan fingerprint density at radius 1 is 0.714 bits per heavy atom. The number of benzene rings is 3. The van der Waals surface area contributed by atoms with E-state index >= 15 is 0 Å². The third-order valence-electron chi connectivity index (χ3n) is 4.75. The summed E-state index contributed by atoms with van der Waals surface area (Å²) in [7, 11) is 0. The molecule has 0 atom stereocenters. The molecule has 0 spiro atoms. The Hall–Kier alpha value is -3.79. The minimum Gasteiger partial charge on any atom is -0.479 e. The number of fused-ring (bicyclic) bond motifs is 2. The molecule has 0 aliphatic heterocycles. The lowest BCUT2D eigenvalue weighted by Gasteiger charge is -2.21. The first kappa shape index (κ1) is 16.4. The number of furan rings is 1. The van der Waals surface area contributed by atoms with Crippen LogP contribution in [0.1, 0.15) is 17.2 Å². The quantitative estimate of drug-likeness (QED) is 0.381. The van der Waals surface area contributed by atoms with Crippen molar-refractivity contribution in [1.29, 1.82) is 0 Å². The van der Waals surface area contributed by atoms with Gasteiger partial charge < -0.3 is 13.6 Å². The first-order valence-corrected chi connectivity index (χ1v) is 9.00. The molecule has 0 N–H and O–H groups in total. The van der Waals surface area contributed by atoms with Crippen molar-refractivity contribution in [2.24, 2.45) is 0 Å². The van der Waals surface area contributed by atoms with Gasteiger partial charge in [-0.1, -0.05) is 60.7 Å². The zero-order chi connectivity index (χ0) is 18.9. The molecule has 0 bridgehead atoms. The Morgan fingerprint density at radius 2 is 1.36 bits per heavy atom. The van der Waals surface area contributed by atoms with Gasteiger partial charge in [0.2, 0.25) is 0 Å². The van der Waals surface area contributed by atoms with Crippen LogP contribution in [0.5, 0.6) is 5.75 Å². The highest BCUT2D eigenvalue weighted by Gasteiger charge is 2.20. The molecule has 5 rings (SSSR count). The Labute approximate surface area is 160 Å². The maximum absolute atomic E-state index is 11.7. The molecule has 0 aliphatic rings. The molecule has 0 aliphatic carbocycles. The van der Waals surface area contributed by atoms with Gasteiger partial charge in [-0.2, -0.15) is 0 Å². The number of rotatable bonds is 4. The van der Waals surface area contributed by atoms with Gasteiger partial charge in [-0.15, -0.1) is 0 Å². The van der Waals surface area contributed by atoms with Crippen LogP contribution in [0, 0.1) is 0 Å². The monoisotopic (exact) mass is 368 g/mol. The van der Waals surface area contributed by atoms with Crippen LogP contribution in [-0.2, 0) is 0 Å².